The number of benzene rings is 1. The van der Waals surface area contributed by atoms with Gasteiger partial charge in [0, 0.05) is 13.1 Å². The lowest BCUT2D eigenvalue weighted by molar-refractivity contribution is 0.195. The molecular weight excluding hydrogens is 235 g/mol. The van der Waals surface area contributed by atoms with E-state index in [1.54, 1.807) is 19.1 Å². The second-order valence-electron chi connectivity index (χ2n) is 3.87. The summed E-state index contributed by atoms with van der Waals surface area (Å²) in [6, 6.07) is 4.10. The molecule has 0 fully saturated rings. The van der Waals surface area contributed by atoms with E-state index in [-0.39, 0.29) is 18.8 Å². The van der Waals surface area contributed by atoms with Crippen LogP contribution in [0.1, 0.15) is 5.56 Å². The number of hydrogen-bond donors (Lipinski definition) is 2. The van der Waals surface area contributed by atoms with Crippen molar-refractivity contribution in [2.45, 2.75) is 6.92 Å². The van der Waals surface area contributed by atoms with Gasteiger partial charge in [0.15, 0.2) is 0 Å². The maximum atomic E-state index is 13.5. The van der Waals surface area contributed by atoms with Crippen LogP contribution in [-0.2, 0) is 0 Å². The van der Waals surface area contributed by atoms with Crippen LogP contribution in [0.3, 0.4) is 0 Å². The number of halogens is 1. The molecule has 0 bridgehead atoms. The van der Waals surface area contributed by atoms with Gasteiger partial charge in [-0.3, -0.25) is 0 Å². The van der Waals surface area contributed by atoms with Gasteiger partial charge >= 0.3 is 6.03 Å². The zero-order valence-electron chi connectivity index (χ0n) is 10.3. The van der Waals surface area contributed by atoms with Crippen LogP contribution in [0.2, 0.25) is 0 Å². The fraction of sp³-hybridized carbons (Fsp3) is 0.308. The van der Waals surface area contributed by atoms with Crippen LogP contribution in [0.5, 0.6) is 0 Å². The lowest BCUT2D eigenvalue weighted by atomic mass is 10.2. The van der Waals surface area contributed by atoms with Gasteiger partial charge in [0.05, 0.1) is 12.3 Å². The molecule has 0 saturated carbocycles. The van der Waals surface area contributed by atoms with E-state index in [1.807, 2.05) is 0 Å². The Morgan fingerprint density at radius 1 is 1.61 bits per heavy atom. The van der Waals surface area contributed by atoms with Crippen molar-refractivity contribution in [2.24, 2.45) is 0 Å². The number of rotatable bonds is 5. The largest absolute Gasteiger partial charge is 0.395 e. The number of urea groups is 1. The maximum absolute atomic E-state index is 13.5. The van der Waals surface area contributed by atoms with Crippen molar-refractivity contribution in [1.29, 1.82) is 0 Å². The summed E-state index contributed by atoms with van der Waals surface area (Å²) in [7, 11) is 0. The average Bonchev–Trinajstić information content (AvgIpc) is 2.32. The molecule has 98 valence electrons. The zero-order chi connectivity index (χ0) is 13.5. The highest BCUT2D eigenvalue weighted by Crippen LogP contribution is 2.15. The molecule has 1 aromatic rings. The number of hydrogen-bond acceptors (Lipinski definition) is 2. The number of anilines is 1. The Balaban J connectivity index is 2.75. The topological polar surface area (TPSA) is 52.6 Å². The van der Waals surface area contributed by atoms with Crippen LogP contribution in [0.15, 0.2) is 30.9 Å². The molecule has 0 aliphatic carbocycles. The van der Waals surface area contributed by atoms with E-state index < -0.39 is 11.8 Å². The number of nitrogens with zero attached hydrogens (tertiary/aromatic N) is 1. The molecule has 0 saturated heterocycles. The first-order valence-electron chi connectivity index (χ1n) is 5.62. The standard InChI is InChI=1S/C13H17FN2O2/c1-3-6-16(7-8-17)13(18)15-12-5-4-10(2)9-11(12)14/h3-5,9,17H,1,6-8H2,2H3,(H,15,18). The third-order valence-corrected chi connectivity index (χ3v) is 2.37. The fourth-order valence-electron chi connectivity index (χ4n) is 1.47. The summed E-state index contributed by atoms with van der Waals surface area (Å²) < 4.78 is 13.5. The Bertz CT molecular complexity index is 435. The number of aliphatic hydroxyl groups excluding tert-OH is 1. The Kier molecular flexibility index (Phi) is 5.32. The normalized spacial score (nSPS) is 9.94. The average molecular weight is 252 g/mol. The van der Waals surface area contributed by atoms with Crippen molar-refractivity contribution in [2.75, 3.05) is 25.0 Å². The summed E-state index contributed by atoms with van der Waals surface area (Å²) >= 11 is 0. The van der Waals surface area contributed by atoms with Gasteiger partial charge in [-0.25, -0.2) is 9.18 Å². The lowest BCUT2D eigenvalue weighted by Crippen LogP contribution is -2.37. The van der Waals surface area contributed by atoms with Gasteiger partial charge in [0.2, 0.25) is 0 Å². The maximum Gasteiger partial charge on any atom is 0.322 e. The van der Waals surface area contributed by atoms with Gasteiger partial charge in [-0.2, -0.15) is 0 Å². The molecule has 0 aliphatic heterocycles. The Labute approximate surface area is 106 Å². The van der Waals surface area contributed by atoms with Gasteiger partial charge < -0.3 is 15.3 Å². The highest BCUT2D eigenvalue weighted by molar-refractivity contribution is 5.89. The number of carbonyl (C=O) groups excluding carboxylic acids is 1. The number of nitrogens with one attached hydrogen (secondary N) is 1. The molecule has 2 amide bonds. The van der Waals surface area contributed by atoms with Crippen molar-refractivity contribution in [3.8, 4) is 0 Å². The molecule has 0 heterocycles. The highest BCUT2D eigenvalue weighted by Gasteiger charge is 2.13. The van der Waals surface area contributed by atoms with E-state index in [2.05, 4.69) is 11.9 Å². The smallest absolute Gasteiger partial charge is 0.322 e. The van der Waals surface area contributed by atoms with Crippen LogP contribution < -0.4 is 5.32 Å². The molecule has 0 atom stereocenters. The molecule has 0 spiro atoms. The first kappa shape index (κ1) is 14.2. The minimum absolute atomic E-state index is 0.123. The van der Waals surface area contributed by atoms with Gasteiger partial charge in [-0.15, -0.1) is 6.58 Å². The van der Waals surface area contributed by atoms with Crippen molar-refractivity contribution < 1.29 is 14.3 Å². The number of amides is 2. The fourth-order valence-corrected chi connectivity index (χ4v) is 1.47. The first-order valence-corrected chi connectivity index (χ1v) is 5.62. The van der Waals surface area contributed by atoms with Crippen molar-refractivity contribution in [3.05, 3.63) is 42.2 Å². The molecule has 0 radical (unpaired) electrons. The summed E-state index contributed by atoms with van der Waals surface area (Å²) in [5.41, 5.74) is 0.904. The van der Waals surface area contributed by atoms with Gasteiger partial charge in [-0.05, 0) is 24.6 Å². The third-order valence-electron chi connectivity index (χ3n) is 2.37. The molecule has 1 aromatic carbocycles. The number of aryl methyl sites for hydroxylation is 1. The summed E-state index contributed by atoms with van der Waals surface area (Å²) in [4.78, 5) is 13.2. The summed E-state index contributed by atoms with van der Waals surface area (Å²) in [5, 5.41) is 11.3. The zero-order valence-corrected chi connectivity index (χ0v) is 10.3. The molecule has 5 heteroatoms. The summed E-state index contributed by atoms with van der Waals surface area (Å²) in [5.74, 6) is -0.481. The molecule has 0 aliphatic rings. The minimum Gasteiger partial charge on any atom is -0.395 e. The van der Waals surface area contributed by atoms with E-state index >= 15 is 0 Å². The molecule has 0 aromatic heterocycles. The molecular formula is C13H17FN2O2. The Hall–Kier alpha value is -1.88. The highest BCUT2D eigenvalue weighted by atomic mass is 19.1. The van der Waals surface area contributed by atoms with Crippen molar-refractivity contribution in [1.82, 2.24) is 4.90 Å². The molecule has 1 rings (SSSR count). The number of carbonyl (C=O) groups is 1. The van der Waals surface area contributed by atoms with Crippen LogP contribution in [0.4, 0.5) is 14.9 Å². The number of aliphatic hydroxyl groups is 1. The molecule has 0 unspecified atom stereocenters. The lowest BCUT2D eigenvalue weighted by Gasteiger charge is -2.20. The van der Waals surface area contributed by atoms with Crippen molar-refractivity contribution >= 4 is 11.7 Å². The van der Waals surface area contributed by atoms with Crippen LogP contribution in [-0.4, -0.2) is 35.7 Å². The Morgan fingerprint density at radius 3 is 2.89 bits per heavy atom. The minimum atomic E-state index is -0.481. The third kappa shape index (κ3) is 3.85. The van der Waals surface area contributed by atoms with Gasteiger partial charge in [0.25, 0.3) is 0 Å². The molecule has 18 heavy (non-hydrogen) atoms. The van der Waals surface area contributed by atoms with Gasteiger partial charge in [0.1, 0.15) is 5.82 Å². The SMILES string of the molecule is C=CCN(CCO)C(=O)Nc1ccc(C)cc1F. The monoisotopic (exact) mass is 252 g/mol. The Morgan fingerprint density at radius 2 is 2.33 bits per heavy atom. The van der Waals surface area contributed by atoms with Crippen LogP contribution >= 0.6 is 0 Å². The molecule has 2 N–H and O–H groups in total. The summed E-state index contributed by atoms with van der Waals surface area (Å²) in [6.07, 6.45) is 1.54. The van der Waals surface area contributed by atoms with E-state index in [0.29, 0.717) is 6.54 Å². The van der Waals surface area contributed by atoms with Gasteiger partial charge in [-0.1, -0.05) is 12.1 Å². The van der Waals surface area contributed by atoms with Crippen molar-refractivity contribution in [3.63, 3.8) is 0 Å². The van der Waals surface area contributed by atoms with E-state index in [9.17, 15) is 9.18 Å². The first-order chi connectivity index (χ1) is 8.58. The predicted octanol–water partition coefficient (Wildman–Crippen LogP) is 2.15. The second-order valence-corrected chi connectivity index (χ2v) is 3.87. The summed E-state index contributed by atoms with van der Waals surface area (Å²) in [6.45, 7) is 5.60. The second kappa shape index (κ2) is 6.76. The van der Waals surface area contributed by atoms with Crippen LogP contribution in [0.25, 0.3) is 0 Å². The van der Waals surface area contributed by atoms with E-state index in [1.165, 1.54) is 17.0 Å². The predicted molar refractivity (Wildman–Crippen MR) is 69.0 cm³/mol. The van der Waals surface area contributed by atoms with Crippen LogP contribution in [0, 0.1) is 12.7 Å². The van der Waals surface area contributed by atoms with E-state index in [0.717, 1.165) is 5.56 Å². The quantitative estimate of drug-likeness (QED) is 0.789. The molecule has 4 nitrogen and oxygen atoms in total. The van der Waals surface area contributed by atoms with E-state index in [4.69, 9.17) is 5.11 Å².